The maximum absolute atomic E-state index is 13.0. The second-order valence-electron chi connectivity index (χ2n) is 5.78. The van der Waals surface area contributed by atoms with Gasteiger partial charge in [-0.1, -0.05) is 35.9 Å². The number of allylic oxidation sites excluding steroid dienone is 1. The average Bonchev–Trinajstić information content (AvgIpc) is 2.61. The van der Waals surface area contributed by atoms with Crippen molar-refractivity contribution in [2.45, 2.75) is 13.0 Å². The smallest absolute Gasteiger partial charge is 0.255 e. The van der Waals surface area contributed by atoms with E-state index >= 15 is 0 Å². The SMILES string of the molecule is COc1ccccc1NC(=O)C1=C(C)NC(=S)N[C@@H]1c1cccc(Cl)c1. The quantitative estimate of drug-likeness (QED) is 0.697. The van der Waals surface area contributed by atoms with Crippen molar-refractivity contribution < 1.29 is 9.53 Å². The standard InChI is InChI=1S/C19H18ClN3O2S/c1-11-16(18(24)22-14-8-3-4-9-15(14)25-2)17(23-19(26)21-11)12-6-5-7-13(20)10-12/h3-10,17H,1-2H3,(H,22,24)(H2,21,23,26)/t17-/m1/s1. The Morgan fingerprint density at radius 2 is 2.00 bits per heavy atom. The Balaban J connectivity index is 1.97. The summed E-state index contributed by atoms with van der Waals surface area (Å²) in [5, 5.41) is 10.1. The Bertz CT molecular complexity index is 898. The van der Waals surface area contributed by atoms with E-state index in [1.807, 2.05) is 37.3 Å². The second kappa shape index (κ2) is 7.76. The number of benzene rings is 2. The first kappa shape index (κ1) is 18.2. The number of amides is 1. The van der Waals surface area contributed by atoms with E-state index in [-0.39, 0.29) is 5.91 Å². The van der Waals surface area contributed by atoms with Crippen LogP contribution in [0.4, 0.5) is 5.69 Å². The van der Waals surface area contributed by atoms with Gasteiger partial charge in [0.15, 0.2) is 5.11 Å². The molecule has 26 heavy (non-hydrogen) atoms. The molecular formula is C19H18ClN3O2S. The van der Waals surface area contributed by atoms with E-state index in [9.17, 15) is 4.79 Å². The Morgan fingerprint density at radius 1 is 1.23 bits per heavy atom. The highest BCUT2D eigenvalue weighted by molar-refractivity contribution is 7.80. The van der Waals surface area contributed by atoms with Crippen LogP contribution in [0.5, 0.6) is 5.75 Å². The van der Waals surface area contributed by atoms with Gasteiger partial charge < -0.3 is 20.7 Å². The predicted octanol–water partition coefficient (Wildman–Crippen LogP) is 3.78. The van der Waals surface area contributed by atoms with Crippen molar-refractivity contribution in [3.05, 3.63) is 70.4 Å². The molecule has 1 aliphatic heterocycles. The van der Waals surface area contributed by atoms with Crippen molar-refractivity contribution in [1.82, 2.24) is 10.6 Å². The van der Waals surface area contributed by atoms with Gasteiger partial charge >= 0.3 is 0 Å². The summed E-state index contributed by atoms with van der Waals surface area (Å²) >= 11 is 11.4. The van der Waals surface area contributed by atoms with Crippen LogP contribution in [0.2, 0.25) is 5.02 Å². The van der Waals surface area contributed by atoms with Crippen LogP contribution in [0.1, 0.15) is 18.5 Å². The minimum atomic E-state index is -0.405. The van der Waals surface area contributed by atoms with Gasteiger partial charge in [0.2, 0.25) is 0 Å². The van der Waals surface area contributed by atoms with Gasteiger partial charge in [-0.3, -0.25) is 4.79 Å². The lowest BCUT2D eigenvalue weighted by Gasteiger charge is -2.30. The van der Waals surface area contributed by atoms with Crippen LogP contribution in [0.15, 0.2) is 59.8 Å². The molecule has 3 N–H and O–H groups in total. The lowest BCUT2D eigenvalue weighted by atomic mass is 9.95. The average molecular weight is 388 g/mol. The van der Waals surface area contributed by atoms with E-state index in [0.717, 1.165) is 5.56 Å². The zero-order valence-electron chi connectivity index (χ0n) is 14.3. The van der Waals surface area contributed by atoms with Crippen LogP contribution in [0, 0.1) is 0 Å². The summed E-state index contributed by atoms with van der Waals surface area (Å²) in [6.45, 7) is 1.82. The molecule has 7 heteroatoms. The summed E-state index contributed by atoms with van der Waals surface area (Å²) in [4.78, 5) is 13.0. The molecule has 1 aliphatic rings. The Kier molecular flexibility index (Phi) is 5.44. The molecule has 0 bridgehead atoms. The number of carbonyl (C=O) groups excluding carboxylic acids is 1. The second-order valence-corrected chi connectivity index (χ2v) is 6.62. The summed E-state index contributed by atoms with van der Waals surface area (Å²) < 4.78 is 5.30. The first-order chi connectivity index (χ1) is 12.5. The number of thiocarbonyl (C=S) groups is 1. The maximum Gasteiger partial charge on any atom is 0.255 e. The van der Waals surface area contributed by atoms with E-state index in [2.05, 4.69) is 16.0 Å². The minimum absolute atomic E-state index is 0.250. The number of hydrogen-bond donors (Lipinski definition) is 3. The number of anilines is 1. The van der Waals surface area contributed by atoms with Crippen LogP contribution < -0.4 is 20.7 Å². The molecule has 0 radical (unpaired) electrons. The summed E-state index contributed by atoms with van der Waals surface area (Å²) in [5.74, 6) is 0.338. The van der Waals surface area contributed by atoms with E-state index in [1.54, 1.807) is 25.3 Å². The van der Waals surface area contributed by atoms with E-state index < -0.39 is 6.04 Å². The third kappa shape index (κ3) is 3.81. The minimum Gasteiger partial charge on any atom is -0.495 e. The Hall–Kier alpha value is -2.57. The number of halogens is 1. The number of rotatable bonds is 4. The third-order valence-corrected chi connectivity index (χ3v) is 4.51. The zero-order valence-corrected chi connectivity index (χ0v) is 15.9. The van der Waals surface area contributed by atoms with Gasteiger partial charge in [-0.2, -0.15) is 0 Å². The molecule has 2 aromatic carbocycles. The highest BCUT2D eigenvalue weighted by Gasteiger charge is 2.30. The molecule has 1 heterocycles. The zero-order chi connectivity index (χ0) is 18.7. The molecule has 5 nitrogen and oxygen atoms in total. The molecule has 0 saturated carbocycles. The first-order valence-corrected chi connectivity index (χ1v) is 8.76. The van der Waals surface area contributed by atoms with Crippen molar-refractivity contribution in [3.8, 4) is 5.75 Å². The van der Waals surface area contributed by atoms with Crippen LogP contribution in [0.25, 0.3) is 0 Å². The largest absolute Gasteiger partial charge is 0.495 e. The molecule has 0 spiro atoms. The number of nitrogens with one attached hydrogen (secondary N) is 3. The fourth-order valence-electron chi connectivity index (χ4n) is 2.87. The monoisotopic (exact) mass is 387 g/mol. The molecule has 1 amide bonds. The van der Waals surface area contributed by atoms with Crippen molar-refractivity contribution in [1.29, 1.82) is 0 Å². The van der Waals surface area contributed by atoms with Crippen LogP contribution >= 0.6 is 23.8 Å². The summed E-state index contributed by atoms with van der Waals surface area (Å²) in [5.41, 5.74) is 2.67. The summed E-state index contributed by atoms with van der Waals surface area (Å²) in [6.07, 6.45) is 0. The number of carbonyl (C=O) groups is 1. The molecule has 2 aromatic rings. The van der Waals surface area contributed by atoms with E-state index in [1.165, 1.54) is 0 Å². The van der Waals surface area contributed by atoms with Gasteiger partial charge in [-0.05, 0) is 49.0 Å². The fourth-order valence-corrected chi connectivity index (χ4v) is 3.34. The van der Waals surface area contributed by atoms with E-state index in [4.69, 9.17) is 28.6 Å². The lowest BCUT2D eigenvalue weighted by Crippen LogP contribution is -2.45. The number of para-hydroxylation sites is 2. The van der Waals surface area contributed by atoms with Crippen molar-refractivity contribution in [2.75, 3.05) is 12.4 Å². The molecule has 3 rings (SSSR count). The Morgan fingerprint density at radius 3 is 2.73 bits per heavy atom. The predicted molar refractivity (Wildman–Crippen MR) is 107 cm³/mol. The third-order valence-electron chi connectivity index (χ3n) is 4.05. The lowest BCUT2D eigenvalue weighted by molar-refractivity contribution is -0.113. The number of hydrogen-bond acceptors (Lipinski definition) is 3. The van der Waals surface area contributed by atoms with Gasteiger partial charge in [0, 0.05) is 10.7 Å². The van der Waals surface area contributed by atoms with Gasteiger partial charge in [-0.25, -0.2) is 0 Å². The maximum atomic E-state index is 13.0. The molecule has 0 aliphatic carbocycles. The summed E-state index contributed by atoms with van der Waals surface area (Å²) in [6, 6.07) is 14.2. The summed E-state index contributed by atoms with van der Waals surface area (Å²) in [7, 11) is 1.56. The molecule has 0 saturated heterocycles. The van der Waals surface area contributed by atoms with Crippen LogP contribution in [-0.4, -0.2) is 18.1 Å². The topological polar surface area (TPSA) is 62.4 Å². The number of ether oxygens (including phenoxy) is 1. The van der Waals surface area contributed by atoms with Gasteiger partial charge in [-0.15, -0.1) is 0 Å². The fraction of sp³-hybridized carbons (Fsp3) is 0.158. The molecule has 1 atom stereocenters. The molecule has 134 valence electrons. The first-order valence-electron chi connectivity index (χ1n) is 7.97. The van der Waals surface area contributed by atoms with Crippen LogP contribution in [-0.2, 0) is 4.79 Å². The van der Waals surface area contributed by atoms with Crippen molar-refractivity contribution >= 4 is 40.5 Å². The Labute approximate surface area is 162 Å². The molecule has 0 unspecified atom stereocenters. The molecular weight excluding hydrogens is 370 g/mol. The number of methoxy groups -OCH3 is 1. The molecule has 0 fully saturated rings. The van der Waals surface area contributed by atoms with Gasteiger partial charge in [0.25, 0.3) is 5.91 Å². The highest BCUT2D eigenvalue weighted by Crippen LogP contribution is 2.30. The normalized spacial score (nSPS) is 16.6. The van der Waals surface area contributed by atoms with Crippen molar-refractivity contribution in [3.63, 3.8) is 0 Å². The van der Waals surface area contributed by atoms with Crippen molar-refractivity contribution in [2.24, 2.45) is 0 Å². The van der Waals surface area contributed by atoms with Crippen LogP contribution in [0.3, 0.4) is 0 Å². The highest BCUT2D eigenvalue weighted by atomic mass is 35.5. The molecule has 0 aromatic heterocycles. The van der Waals surface area contributed by atoms with Gasteiger partial charge in [0.1, 0.15) is 5.75 Å². The van der Waals surface area contributed by atoms with E-state index in [0.29, 0.717) is 32.8 Å². The van der Waals surface area contributed by atoms with Gasteiger partial charge in [0.05, 0.1) is 24.4 Å².